The van der Waals surface area contributed by atoms with E-state index in [1.165, 1.54) is 11.2 Å². The van der Waals surface area contributed by atoms with Crippen LogP contribution in [0.2, 0.25) is 0 Å². The van der Waals surface area contributed by atoms with Gasteiger partial charge in [-0.05, 0) is 41.3 Å². The van der Waals surface area contributed by atoms with Gasteiger partial charge in [0.25, 0.3) is 0 Å². The van der Waals surface area contributed by atoms with E-state index in [0.717, 1.165) is 16.3 Å². The number of carbonyl (C=O) groups is 2. The van der Waals surface area contributed by atoms with Crippen LogP contribution in [-0.2, 0) is 25.4 Å². The zero-order chi connectivity index (χ0) is 22.2. The van der Waals surface area contributed by atoms with Gasteiger partial charge in [0.05, 0.1) is 30.0 Å². The smallest absolute Gasteiger partial charge is 0.332 e. The molecule has 1 aliphatic heterocycles. The minimum Gasteiger partial charge on any atom is -0.478 e. The van der Waals surface area contributed by atoms with Crippen LogP contribution in [0, 0.1) is 23.7 Å². The van der Waals surface area contributed by atoms with E-state index in [9.17, 15) is 28.2 Å². The van der Waals surface area contributed by atoms with Crippen molar-refractivity contribution in [2.24, 2.45) is 23.7 Å². The fraction of sp³-hybridized carbons (Fsp3) is 0.391. The average Bonchev–Trinajstić information content (AvgIpc) is 2.93. The summed E-state index contributed by atoms with van der Waals surface area (Å²) in [5, 5.41) is 21.7. The Morgan fingerprint density at radius 3 is 2.55 bits per heavy atom. The number of aliphatic hydroxyl groups is 1. The lowest BCUT2D eigenvalue weighted by Gasteiger charge is -2.43. The largest absolute Gasteiger partial charge is 0.478 e. The van der Waals surface area contributed by atoms with Gasteiger partial charge >= 0.3 is 5.97 Å². The summed E-state index contributed by atoms with van der Waals surface area (Å²) in [4.78, 5) is 24.8. The first kappa shape index (κ1) is 20.2. The van der Waals surface area contributed by atoms with Crippen molar-refractivity contribution < 1.29 is 28.2 Å². The third-order valence-electron chi connectivity index (χ3n) is 7.19. The van der Waals surface area contributed by atoms with Gasteiger partial charge in [-0.25, -0.2) is 13.2 Å². The number of aliphatic carboxylic acids is 1. The van der Waals surface area contributed by atoms with Crippen LogP contribution in [0.15, 0.2) is 47.5 Å². The van der Waals surface area contributed by atoms with Gasteiger partial charge in [0.2, 0.25) is 10.0 Å². The molecule has 5 atom stereocenters. The number of fused-ring (bicyclic) bond motifs is 1. The summed E-state index contributed by atoms with van der Waals surface area (Å²) >= 11 is 0. The summed E-state index contributed by atoms with van der Waals surface area (Å²) in [7, 11) is -3.73. The van der Waals surface area contributed by atoms with Crippen molar-refractivity contribution in [1.82, 2.24) is 0 Å². The van der Waals surface area contributed by atoms with Gasteiger partial charge in [0.15, 0.2) is 0 Å². The summed E-state index contributed by atoms with van der Waals surface area (Å²) in [6.07, 6.45) is -0.870. The Balaban J connectivity index is 1.63. The fourth-order valence-corrected chi connectivity index (χ4v) is 7.41. The van der Waals surface area contributed by atoms with E-state index in [2.05, 4.69) is 0 Å². The molecule has 0 amide bonds. The van der Waals surface area contributed by atoms with Crippen LogP contribution in [0.4, 0.5) is 5.69 Å². The van der Waals surface area contributed by atoms with Crippen LogP contribution >= 0.6 is 0 Å². The van der Waals surface area contributed by atoms with E-state index in [4.69, 9.17) is 0 Å². The highest BCUT2D eigenvalue weighted by Crippen LogP contribution is 2.56. The normalized spacial score (nSPS) is 29.6. The quantitative estimate of drug-likeness (QED) is 0.753. The number of hydrogen-bond acceptors (Lipinski definition) is 5. The molecule has 5 rings (SSSR count). The molecule has 0 aromatic heterocycles. The molecule has 1 unspecified atom stereocenters. The highest BCUT2D eigenvalue weighted by atomic mass is 32.2. The number of carboxylic acids is 1. The van der Waals surface area contributed by atoms with Crippen molar-refractivity contribution in [2.75, 3.05) is 10.8 Å². The molecule has 1 saturated carbocycles. The highest BCUT2D eigenvalue weighted by molar-refractivity contribution is 7.92. The lowest BCUT2D eigenvalue weighted by molar-refractivity contribution is -0.151. The Hall–Kier alpha value is -2.71. The number of anilines is 1. The van der Waals surface area contributed by atoms with Crippen molar-refractivity contribution in [3.63, 3.8) is 0 Å². The van der Waals surface area contributed by atoms with E-state index in [1.807, 2.05) is 25.1 Å². The molecule has 31 heavy (non-hydrogen) atoms. The first-order valence-electron chi connectivity index (χ1n) is 10.3. The molecule has 8 heteroatoms. The van der Waals surface area contributed by atoms with Gasteiger partial charge in [0, 0.05) is 16.9 Å². The van der Waals surface area contributed by atoms with Crippen LogP contribution < -0.4 is 4.31 Å². The Bertz CT molecular complexity index is 1270. The zero-order valence-electron chi connectivity index (χ0n) is 17.1. The molecule has 1 heterocycles. The standard InChI is InChI=1S/C23H23NO6S/c1-11-15(20(23(27)28)21-17(11)18(12(2)25)22(21)26)9-24-16-8-4-6-13-5-3-7-14(19(13)16)10-31(24,29)30/h3-8,11-12,17-18,21,25H,9-10H2,1-2H3,(H,27,28)/t11-,12+,17+,18+,21?/m0/s1. The molecule has 0 saturated heterocycles. The number of carboxylic acid groups (broad SMARTS) is 1. The third kappa shape index (κ3) is 2.71. The SMILES string of the molecule is C[C@@H](O)[C@H]1C(=O)C2C(C(=O)O)=C(CN3c4cccc5cccc(c45)CS3(=O)=O)[C@H](C)[C@@H]21. The summed E-state index contributed by atoms with van der Waals surface area (Å²) in [5.74, 6) is -3.66. The number of Topliss-reactive ketones (excluding diaryl/α,β-unsaturated/α-hetero) is 1. The molecule has 7 nitrogen and oxygen atoms in total. The molecular formula is C23H23NO6S. The second-order valence-electron chi connectivity index (χ2n) is 8.81. The number of rotatable bonds is 4. The van der Waals surface area contributed by atoms with Gasteiger partial charge in [-0.15, -0.1) is 0 Å². The minimum absolute atomic E-state index is 0.000587. The second kappa shape index (κ2) is 6.64. The fourth-order valence-electron chi connectivity index (χ4n) is 5.83. The van der Waals surface area contributed by atoms with Crippen molar-refractivity contribution in [3.05, 3.63) is 53.1 Å². The van der Waals surface area contributed by atoms with Crippen LogP contribution in [0.25, 0.3) is 10.8 Å². The van der Waals surface area contributed by atoms with E-state index >= 15 is 0 Å². The molecule has 3 aliphatic rings. The molecular weight excluding hydrogens is 418 g/mol. The summed E-state index contributed by atoms with van der Waals surface area (Å²) in [6, 6.07) is 11.0. The van der Waals surface area contributed by atoms with E-state index in [0.29, 0.717) is 11.3 Å². The van der Waals surface area contributed by atoms with Gasteiger partial charge in [-0.1, -0.05) is 37.3 Å². The Morgan fingerprint density at radius 1 is 1.23 bits per heavy atom. The van der Waals surface area contributed by atoms with Crippen LogP contribution in [0.3, 0.4) is 0 Å². The summed E-state index contributed by atoms with van der Waals surface area (Å²) < 4.78 is 27.7. The number of aliphatic hydroxyl groups excluding tert-OH is 1. The molecule has 0 spiro atoms. The predicted molar refractivity (Wildman–Crippen MR) is 115 cm³/mol. The second-order valence-corrected chi connectivity index (χ2v) is 10.7. The number of carbonyl (C=O) groups excluding carboxylic acids is 1. The number of sulfonamides is 1. The van der Waals surface area contributed by atoms with Crippen LogP contribution in [0.1, 0.15) is 19.4 Å². The molecule has 2 aliphatic carbocycles. The first-order chi connectivity index (χ1) is 14.6. The zero-order valence-corrected chi connectivity index (χ0v) is 18.0. The Labute approximate surface area is 180 Å². The van der Waals surface area contributed by atoms with Crippen molar-refractivity contribution >= 4 is 38.2 Å². The van der Waals surface area contributed by atoms with Gasteiger partial charge < -0.3 is 10.2 Å². The number of benzene rings is 2. The Kier molecular flexibility index (Phi) is 4.33. The van der Waals surface area contributed by atoms with Gasteiger partial charge in [-0.3, -0.25) is 9.10 Å². The average molecular weight is 442 g/mol. The monoisotopic (exact) mass is 441 g/mol. The Morgan fingerprint density at radius 2 is 1.90 bits per heavy atom. The number of nitrogens with zero attached hydrogens (tertiary/aromatic N) is 1. The molecule has 0 bridgehead atoms. The maximum atomic E-state index is 13.2. The molecule has 2 aromatic carbocycles. The molecule has 2 N–H and O–H groups in total. The lowest BCUT2D eigenvalue weighted by Crippen LogP contribution is -2.53. The predicted octanol–water partition coefficient (Wildman–Crippen LogP) is 2.33. The molecule has 2 aromatic rings. The van der Waals surface area contributed by atoms with Crippen molar-refractivity contribution in [2.45, 2.75) is 25.7 Å². The van der Waals surface area contributed by atoms with Crippen LogP contribution in [0.5, 0.6) is 0 Å². The van der Waals surface area contributed by atoms with Gasteiger partial charge in [-0.2, -0.15) is 0 Å². The van der Waals surface area contributed by atoms with E-state index in [1.54, 1.807) is 18.2 Å². The number of hydrogen-bond donors (Lipinski definition) is 2. The van der Waals surface area contributed by atoms with E-state index < -0.39 is 33.9 Å². The first-order valence-corrected chi connectivity index (χ1v) is 11.9. The summed E-state index contributed by atoms with van der Waals surface area (Å²) in [5.41, 5.74) is 1.71. The molecule has 162 valence electrons. The van der Waals surface area contributed by atoms with Crippen LogP contribution in [-0.4, -0.2) is 43.0 Å². The molecule has 0 radical (unpaired) electrons. The minimum atomic E-state index is -3.73. The summed E-state index contributed by atoms with van der Waals surface area (Å²) in [6.45, 7) is 3.26. The number of ketones is 1. The highest BCUT2D eigenvalue weighted by Gasteiger charge is 2.61. The topological polar surface area (TPSA) is 112 Å². The van der Waals surface area contributed by atoms with E-state index in [-0.39, 0.29) is 35.5 Å². The van der Waals surface area contributed by atoms with Crippen molar-refractivity contribution in [1.29, 1.82) is 0 Å². The molecule has 1 fully saturated rings. The van der Waals surface area contributed by atoms with Crippen molar-refractivity contribution in [3.8, 4) is 0 Å². The third-order valence-corrected chi connectivity index (χ3v) is 8.87. The lowest BCUT2D eigenvalue weighted by atomic mass is 9.59. The van der Waals surface area contributed by atoms with Gasteiger partial charge in [0.1, 0.15) is 5.78 Å². The maximum Gasteiger partial charge on any atom is 0.332 e. The maximum absolute atomic E-state index is 13.2.